The number of fused-ring (bicyclic) bond motifs is 1. The van der Waals surface area contributed by atoms with E-state index in [4.69, 9.17) is 9.47 Å². The maximum Gasteiger partial charge on any atom is 0.295 e. The molecule has 1 amide bonds. The van der Waals surface area contributed by atoms with E-state index in [0.29, 0.717) is 35.7 Å². The Morgan fingerprint density at radius 2 is 1.89 bits per heavy atom. The predicted molar refractivity (Wildman–Crippen MR) is 135 cm³/mol. The van der Waals surface area contributed by atoms with E-state index in [1.165, 1.54) is 4.90 Å². The molecule has 0 spiro atoms. The first-order valence-electron chi connectivity index (χ1n) is 11.6. The molecule has 0 saturated carbocycles. The lowest BCUT2D eigenvalue weighted by molar-refractivity contribution is -0.140. The summed E-state index contributed by atoms with van der Waals surface area (Å²) in [4.78, 5) is 33.0. The fourth-order valence-corrected chi connectivity index (χ4v) is 4.38. The van der Waals surface area contributed by atoms with Gasteiger partial charge in [0.25, 0.3) is 11.7 Å². The molecule has 4 rings (SSSR count). The quantitative estimate of drug-likeness (QED) is 0.290. The highest BCUT2D eigenvalue weighted by atomic mass is 16.5. The number of para-hydroxylation sites is 1. The number of carbonyl (C=O) groups is 2. The zero-order valence-electron chi connectivity index (χ0n) is 20.7. The number of aliphatic hydroxyl groups is 1. The summed E-state index contributed by atoms with van der Waals surface area (Å²) in [6, 6.07) is 12.1. The number of benzene rings is 2. The standard InChI is InChI=1S/C27H31N3O5/c1-16(2)35-21-11-10-17(14-22(21)34-5)24-23(26(32)27(33)30(24)13-12-29(3)4)25(31)19-15-28-20-9-7-6-8-18(19)20/h6-11,14-16,24,28,31H,12-13H2,1-5H3/b25-23-. The third kappa shape index (κ3) is 4.61. The molecule has 1 aliphatic rings. The lowest BCUT2D eigenvalue weighted by atomic mass is 9.94. The number of aromatic nitrogens is 1. The highest BCUT2D eigenvalue weighted by Gasteiger charge is 2.46. The van der Waals surface area contributed by atoms with Crippen LogP contribution in [-0.2, 0) is 9.59 Å². The summed E-state index contributed by atoms with van der Waals surface area (Å²) >= 11 is 0. The monoisotopic (exact) mass is 477 g/mol. The lowest BCUT2D eigenvalue weighted by Crippen LogP contribution is -2.35. The van der Waals surface area contributed by atoms with Gasteiger partial charge in [0.2, 0.25) is 0 Å². The molecule has 1 saturated heterocycles. The largest absolute Gasteiger partial charge is 0.507 e. The SMILES string of the molecule is COc1cc(C2/C(=C(/O)c3c[nH]c4ccccc34)C(=O)C(=O)N2CCN(C)C)ccc1OC(C)C. The van der Waals surface area contributed by atoms with Crippen LogP contribution in [0.25, 0.3) is 16.7 Å². The van der Waals surface area contributed by atoms with Crippen molar-refractivity contribution >= 4 is 28.4 Å². The van der Waals surface area contributed by atoms with Crippen molar-refractivity contribution in [3.63, 3.8) is 0 Å². The first-order chi connectivity index (χ1) is 16.7. The Balaban J connectivity index is 1.88. The number of Topliss-reactive ketones (excluding diaryl/α,β-unsaturated/α-hetero) is 1. The Morgan fingerprint density at radius 1 is 1.14 bits per heavy atom. The van der Waals surface area contributed by atoms with Crippen molar-refractivity contribution < 1.29 is 24.2 Å². The van der Waals surface area contributed by atoms with Crippen molar-refractivity contribution in [1.29, 1.82) is 0 Å². The molecular formula is C27H31N3O5. The average molecular weight is 478 g/mol. The van der Waals surface area contributed by atoms with Crippen LogP contribution in [0.5, 0.6) is 11.5 Å². The number of rotatable bonds is 8. The van der Waals surface area contributed by atoms with Crippen LogP contribution >= 0.6 is 0 Å². The first-order valence-corrected chi connectivity index (χ1v) is 11.6. The molecule has 1 unspecified atom stereocenters. The molecule has 0 bridgehead atoms. The smallest absolute Gasteiger partial charge is 0.295 e. The summed E-state index contributed by atoms with van der Waals surface area (Å²) in [6.45, 7) is 4.72. The number of ketones is 1. The fraction of sp³-hybridized carbons (Fsp3) is 0.333. The Bertz CT molecular complexity index is 1290. The van der Waals surface area contributed by atoms with E-state index < -0.39 is 17.7 Å². The Labute approximate surface area is 204 Å². The molecular weight excluding hydrogens is 446 g/mol. The van der Waals surface area contributed by atoms with E-state index >= 15 is 0 Å². The fourth-order valence-electron chi connectivity index (χ4n) is 4.38. The number of likely N-dealkylation sites (N-methyl/N-ethyl adjacent to an activating group) is 1. The Hall–Kier alpha value is -3.78. The topological polar surface area (TPSA) is 95.1 Å². The van der Waals surface area contributed by atoms with Crippen molar-refractivity contribution in [2.75, 3.05) is 34.3 Å². The van der Waals surface area contributed by atoms with Crippen LogP contribution in [-0.4, -0.2) is 72.0 Å². The van der Waals surface area contributed by atoms with Crippen molar-refractivity contribution in [1.82, 2.24) is 14.8 Å². The van der Waals surface area contributed by atoms with Crippen molar-refractivity contribution in [3.05, 3.63) is 65.4 Å². The number of methoxy groups -OCH3 is 1. The molecule has 3 aromatic rings. The number of likely N-dealkylation sites (tertiary alicyclic amines) is 1. The molecule has 1 atom stereocenters. The van der Waals surface area contributed by atoms with Crippen LogP contribution in [0.15, 0.2) is 54.2 Å². The first kappa shape index (κ1) is 24.3. The second-order valence-corrected chi connectivity index (χ2v) is 9.12. The van der Waals surface area contributed by atoms with Gasteiger partial charge >= 0.3 is 0 Å². The van der Waals surface area contributed by atoms with Gasteiger partial charge in [0, 0.05) is 35.8 Å². The van der Waals surface area contributed by atoms with Gasteiger partial charge < -0.3 is 29.4 Å². The number of carbonyl (C=O) groups excluding carboxylic acids is 2. The van der Waals surface area contributed by atoms with Crippen LogP contribution in [0, 0.1) is 0 Å². The van der Waals surface area contributed by atoms with Gasteiger partial charge in [-0.25, -0.2) is 0 Å². The number of aliphatic hydroxyl groups excluding tert-OH is 1. The van der Waals surface area contributed by atoms with E-state index in [1.807, 2.05) is 63.2 Å². The van der Waals surface area contributed by atoms with Gasteiger partial charge in [0.05, 0.1) is 24.8 Å². The van der Waals surface area contributed by atoms with Gasteiger partial charge in [-0.15, -0.1) is 0 Å². The van der Waals surface area contributed by atoms with E-state index in [1.54, 1.807) is 25.4 Å². The maximum absolute atomic E-state index is 13.3. The van der Waals surface area contributed by atoms with Crippen LogP contribution < -0.4 is 9.47 Å². The number of hydrogen-bond acceptors (Lipinski definition) is 6. The predicted octanol–water partition coefficient (Wildman–Crippen LogP) is 3.95. The molecule has 1 aromatic heterocycles. The van der Waals surface area contributed by atoms with Crippen LogP contribution in [0.2, 0.25) is 0 Å². The van der Waals surface area contributed by atoms with E-state index in [0.717, 1.165) is 10.9 Å². The highest BCUT2D eigenvalue weighted by molar-refractivity contribution is 6.46. The van der Waals surface area contributed by atoms with E-state index in [9.17, 15) is 14.7 Å². The van der Waals surface area contributed by atoms with Crippen LogP contribution in [0.4, 0.5) is 0 Å². The van der Waals surface area contributed by atoms with E-state index in [2.05, 4.69) is 4.98 Å². The summed E-state index contributed by atoms with van der Waals surface area (Å²) in [5.41, 5.74) is 2.00. The molecule has 0 aliphatic carbocycles. The summed E-state index contributed by atoms with van der Waals surface area (Å²) in [5.74, 6) is -0.507. The van der Waals surface area contributed by atoms with Crippen molar-refractivity contribution in [2.45, 2.75) is 26.0 Å². The summed E-state index contributed by atoms with van der Waals surface area (Å²) < 4.78 is 11.4. The van der Waals surface area contributed by atoms with Gasteiger partial charge in [0.15, 0.2) is 11.5 Å². The molecule has 2 aromatic carbocycles. The molecule has 2 heterocycles. The van der Waals surface area contributed by atoms with Gasteiger partial charge in [0.1, 0.15) is 5.76 Å². The molecule has 1 fully saturated rings. The number of nitrogens with zero attached hydrogens (tertiary/aromatic N) is 2. The van der Waals surface area contributed by atoms with Crippen LogP contribution in [0.3, 0.4) is 0 Å². The Morgan fingerprint density at radius 3 is 2.57 bits per heavy atom. The minimum atomic E-state index is -0.773. The second-order valence-electron chi connectivity index (χ2n) is 9.12. The summed E-state index contributed by atoms with van der Waals surface area (Å²) in [5, 5.41) is 12.2. The third-order valence-electron chi connectivity index (χ3n) is 6.04. The number of hydrogen-bond donors (Lipinski definition) is 2. The minimum Gasteiger partial charge on any atom is -0.507 e. The van der Waals surface area contributed by atoms with Gasteiger partial charge in [-0.3, -0.25) is 9.59 Å². The van der Waals surface area contributed by atoms with Gasteiger partial charge in [-0.05, 0) is 51.7 Å². The normalized spacial score (nSPS) is 17.7. The lowest BCUT2D eigenvalue weighted by Gasteiger charge is -2.27. The van der Waals surface area contributed by atoms with Gasteiger partial charge in [-0.1, -0.05) is 24.3 Å². The summed E-state index contributed by atoms with van der Waals surface area (Å²) in [7, 11) is 5.35. The second kappa shape index (κ2) is 9.84. The molecule has 2 N–H and O–H groups in total. The number of ether oxygens (including phenoxy) is 2. The molecule has 35 heavy (non-hydrogen) atoms. The maximum atomic E-state index is 13.3. The van der Waals surface area contributed by atoms with Crippen molar-refractivity contribution in [2.24, 2.45) is 0 Å². The molecule has 8 nitrogen and oxygen atoms in total. The number of aromatic amines is 1. The average Bonchev–Trinajstić information content (AvgIpc) is 3.36. The van der Waals surface area contributed by atoms with Crippen LogP contribution in [0.1, 0.15) is 31.0 Å². The highest BCUT2D eigenvalue weighted by Crippen LogP contribution is 2.42. The molecule has 184 valence electrons. The summed E-state index contributed by atoms with van der Waals surface area (Å²) in [6.07, 6.45) is 1.60. The number of nitrogens with one attached hydrogen (secondary N) is 1. The Kier molecular flexibility index (Phi) is 6.84. The zero-order valence-corrected chi connectivity index (χ0v) is 20.7. The van der Waals surface area contributed by atoms with Gasteiger partial charge in [-0.2, -0.15) is 0 Å². The number of amides is 1. The van der Waals surface area contributed by atoms with Crippen molar-refractivity contribution in [3.8, 4) is 11.5 Å². The molecule has 8 heteroatoms. The minimum absolute atomic E-state index is 0.0534. The zero-order chi connectivity index (χ0) is 25.3. The molecule has 0 radical (unpaired) electrons. The third-order valence-corrected chi connectivity index (χ3v) is 6.04. The van der Waals surface area contributed by atoms with E-state index in [-0.39, 0.29) is 17.4 Å². The molecule has 1 aliphatic heterocycles. The number of H-pyrrole nitrogens is 1.